The van der Waals surface area contributed by atoms with Crippen molar-refractivity contribution >= 4 is 48.2 Å². The van der Waals surface area contributed by atoms with E-state index in [2.05, 4.69) is 49.1 Å². The topological polar surface area (TPSA) is 84.1 Å². The van der Waals surface area contributed by atoms with Crippen LogP contribution in [0.1, 0.15) is 49.4 Å². The number of aromatic nitrogens is 2. The highest BCUT2D eigenvalue weighted by Crippen LogP contribution is 2.37. The van der Waals surface area contributed by atoms with E-state index in [-0.39, 0.29) is 28.1 Å². The van der Waals surface area contributed by atoms with Gasteiger partial charge in [-0.2, -0.15) is 0 Å². The van der Waals surface area contributed by atoms with Gasteiger partial charge in [-0.15, -0.1) is 0 Å². The maximum Gasteiger partial charge on any atom is 0.229 e. The van der Waals surface area contributed by atoms with Gasteiger partial charge in [-0.25, -0.2) is 0 Å². The van der Waals surface area contributed by atoms with E-state index in [9.17, 15) is 9.59 Å². The average molecular weight is 458 g/mol. The summed E-state index contributed by atoms with van der Waals surface area (Å²) in [4.78, 5) is 32.4. The van der Waals surface area contributed by atoms with Crippen molar-refractivity contribution in [1.82, 2.24) is 9.97 Å². The monoisotopic (exact) mass is 457 g/mol. The number of halogens is 1. The SMILES string of the molecule is CC(=O)Nc1c(C(=O)c2cc(CO[Si](C)(C)C(C)(C)C)ccn2)[nH]c2cc(Cl)ccc12. The van der Waals surface area contributed by atoms with Crippen LogP contribution < -0.4 is 5.32 Å². The van der Waals surface area contributed by atoms with Crippen LogP contribution in [0.25, 0.3) is 10.9 Å². The van der Waals surface area contributed by atoms with E-state index in [1.165, 1.54) is 6.92 Å². The highest BCUT2D eigenvalue weighted by molar-refractivity contribution is 6.74. The maximum absolute atomic E-state index is 13.3. The average Bonchev–Trinajstić information content (AvgIpc) is 3.02. The maximum atomic E-state index is 13.3. The summed E-state index contributed by atoms with van der Waals surface area (Å²) in [7, 11) is -1.92. The van der Waals surface area contributed by atoms with E-state index in [1.54, 1.807) is 30.5 Å². The highest BCUT2D eigenvalue weighted by Gasteiger charge is 2.37. The zero-order chi connectivity index (χ0) is 23.0. The molecular weight excluding hydrogens is 430 g/mol. The molecule has 0 radical (unpaired) electrons. The minimum Gasteiger partial charge on any atom is -0.413 e. The van der Waals surface area contributed by atoms with E-state index in [4.69, 9.17) is 16.0 Å². The van der Waals surface area contributed by atoms with Crippen molar-refractivity contribution in [2.45, 2.75) is 52.4 Å². The van der Waals surface area contributed by atoms with Gasteiger partial charge in [0.1, 0.15) is 11.4 Å². The van der Waals surface area contributed by atoms with Gasteiger partial charge in [-0.05, 0) is 54.0 Å². The summed E-state index contributed by atoms with van der Waals surface area (Å²) >= 11 is 6.09. The lowest BCUT2D eigenvalue weighted by atomic mass is 10.1. The molecule has 0 spiro atoms. The van der Waals surface area contributed by atoms with Gasteiger partial charge in [0.15, 0.2) is 8.32 Å². The van der Waals surface area contributed by atoms with Gasteiger partial charge < -0.3 is 14.7 Å². The molecule has 0 bridgehead atoms. The molecule has 0 atom stereocenters. The molecule has 3 aromatic rings. The van der Waals surface area contributed by atoms with Gasteiger partial charge in [0, 0.05) is 29.0 Å². The third-order valence-corrected chi connectivity index (χ3v) is 10.5. The Balaban J connectivity index is 1.94. The van der Waals surface area contributed by atoms with Crippen LogP contribution in [0.15, 0.2) is 36.5 Å². The number of pyridine rings is 1. The Morgan fingerprint density at radius 1 is 1.19 bits per heavy atom. The van der Waals surface area contributed by atoms with Crippen LogP contribution in [-0.2, 0) is 15.8 Å². The number of anilines is 1. The molecule has 164 valence electrons. The number of amides is 1. The van der Waals surface area contributed by atoms with Crippen molar-refractivity contribution in [3.05, 3.63) is 58.5 Å². The van der Waals surface area contributed by atoms with Gasteiger partial charge in [-0.3, -0.25) is 14.6 Å². The Bertz CT molecular complexity index is 1150. The van der Waals surface area contributed by atoms with Gasteiger partial charge in [-0.1, -0.05) is 32.4 Å². The molecule has 2 aromatic heterocycles. The largest absolute Gasteiger partial charge is 0.413 e. The van der Waals surface area contributed by atoms with Crippen LogP contribution in [0.3, 0.4) is 0 Å². The molecule has 0 aliphatic carbocycles. The third kappa shape index (κ3) is 5.06. The van der Waals surface area contributed by atoms with E-state index in [0.29, 0.717) is 28.2 Å². The Morgan fingerprint density at radius 3 is 2.55 bits per heavy atom. The summed E-state index contributed by atoms with van der Waals surface area (Å²) in [5, 5.41) is 4.10. The van der Waals surface area contributed by atoms with Gasteiger partial charge in [0.2, 0.25) is 11.7 Å². The van der Waals surface area contributed by atoms with E-state index < -0.39 is 8.32 Å². The molecule has 0 saturated carbocycles. The number of H-pyrrole nitrogens is 1. The number of hydrogen-bond donors (Lipinski definition) is 2. The normalized spacial score (nSPS) is 12.2. The standard InChI is InChI=1S/C23H28ClN3O3Si/c1-14(28)26-20-17-8-7-16(24)12-18(17)27-21(20)22(29)19-11-15(9-10-25-19)13-30-31(5,6)23(2,3)4/h7-12,27H,13H2,1-6H3,(H,26,28). The number of ketones is 1. The van der Waals surface area contributed by atoms with Crippen molar-refractivity contribution in [3.63, 3.8) is 0 Å². The zero-order valence-corrected chi connectivity index (χ0v) is 20.5. The zero-order valence-electron chi connectivity index (χ0n) is 18.7. The molecule has 3 rings (SSSR count). The fourth-order valence-corrected chi connectivity index (χ4v) is 4.08. The van der Waals surface area contributed by atoms with Crippen molar-refractivity contribution in [3.8, 4) is 0 Å². The Labute approximate surface area is 188 Å². The minimum absolute atomic E-state index is 0.0948. The smallest absolute Gasteiger partial charge is 0.229 e. The lowest BCUT2D eigenvalue weighted by Gasteiger charge is -2.36. The fraction of sp³-hybridized carbons (Fsp3) is 0.348. The Morgan fingerprint density at radius 2 is 1.90 bits per heavy atom. The molecule has 2 heterocycles. The van der Waals surface area contributed by atoms with Crippen LogP contribution in [0.5, 0.6) is 0 Å². The minimum atomic E-state index is -1.92. The lowest BCUT2D eigenvalue weighted by molar-refractivity contribution is -0.114. The highest BCUT2D eigenvalue weighted by atomic mass is 35.5. The first-order valence-electron chi connectivity index (χ1n) is 10.1. The fourth-order valence-electron chi connectivity index (χ4n) is 2.94. The predicted octanol–water partition coefficient (Wildman–Crippen LogP) is 5.93. The molecule has 31 heavy (non-hydrogen) atoms. The number of hydrogen-bond acceptors (Lipinski definition) is 4. The lowest BCUT2D eigenvalue weighted by Crippen LogP contribution is -2.40. The molecule has 0 aliphatic heterocycles. The summed E-state index contributed by atoms with van der Waals surface area (Å²) in [6.45, 7) is 12.8. The van der Waals surface area contributed by atoms with Crippen LogP contribution in [0.2, 0.25) is 23.2 Å². The van der Waals surface area contributed by atoms with Crippen LogP contribution in [-0.4, -0.2) is 30.0 Å². The molecule has 0 saturated heterocycles. The Kier molecular flexibility index (Phi) is 6.41. The molecule has 2 N–H and O–H groups in total. The van der Waals surface area contributed by atoms with Crippen molar-refractivity contribution in [2.75, 3.05) is 5.32 Å². The first-order valence-corrected chi connectivity index (χ1v) is 13.4. The second-order valence-corrected chi connectivity index (χ2v) is 14.4. The van der Waals surface area contributed by atoms with E-state index >= 15 is 0 Å². The number of rotatable bonds is 6. The van der Waals surface area contributed by atoms with Gasteiger partial charge in [0.25, 0.3) is 0 Å². The summed E-state index contributed by atoms with van der Waals surface area (Å²) < 4.78 is 6.28. The second kappa shape index (κ2) is 8.57. The summed E-state index contributed by atoms with van der Waals surface area (Å²) in [5.74, 6) is -0.584. The van der Waals surface area contributed by atoms with E-state index in [0.717, 1.165) is 5.56 Å². The molecule has 1 amide bonds. The van der Waals surface area contributed by atoms with Crippen molar-refractivity contribution in [2.24, 2.45) is 0 Å². The number of carbonyl (C=O) groups is 2. The molecule has 0 aliphatic rings. The number of carbonyl (C=O) groups excluding carboxylic acids is 2. The van der Waals surface area contributed by atoms with Crippen LogP contribution in [0.4, 0.5) is 5.69 Å². The van der Waals surface area contributed by atoms with Gasteiger partial charge >= 0.3 is 0 Å². The quantitative estimate of drug-likeness (QED) is 0.355. The predicted molar refractivity (Wildman–Crippen MR) is 127 cm³/mol. The second-order valence-electron chi connectivity index (χ2n) is 9.17. The third-order valence-electron chi connectivity index (χ3n) is 5.75. The van der Waals surface area contributed by atoms with Crippen molar-refractivity contribution < 1.29 is 14.0 Å². The molecule has 8 heteroatoms. The van der Waals surface area contributed by atoms with E-state index in [1.807, 2.05) is 6.07 Å². The number of aromatic amines is 1. The summed E-state index contributed by atoms with van der Waals surface area (Å²) in [5.41, 5.74) is 2.51. The first-order chi connectivity index (χ1) is 14.4. The van der Waals surface area contributed by atoms with Crippen molar-refractivity contribution in [1.29, 1.82) is 0 Å². The Hall–Kier alpha value is -2.48. The molecule has 1 aromatic carbocycles. The molecular formula is C23H28ClN3O3Si. The number of nitrogens with one attached hydrogen (secondary N) is 2. The van der Waals surface area contributed by atoms with Crippen LogP contribution in [0, 0.1) is 0 Å². The molecule has 0 fully saturated rings. The molecule has 0 unspecified atom stereocenters. The summed E-state index contributed by atoms with van der Waals surface area (Å²) in [6.07, 6.45) is 1.61. The number of nitrogens with zero attached hydrogens (tertiary/aromatic N) is 1. The summed E-state index contributed by atoms with van der Waals surface area (Å²) in [6, 6.07) is 8.80. The number of fused-ring (bicyclic) bond motifs is 1. The van der Waals surface area contributed by atoms with Gasteiger partial charge in [0.05, 0.1) is 12.3 Å². The molecule has 6 nitrogen and oxygen atoms in total. The van der Waals surface area contributed by atoms with Crippen LogP contribution >= 0.6 is 11.6 Å². The first kappa shape index (κ1) is 23.2. The number of benzene rings is 1.